The number of rotatable bonds is 8. The first-order chi connectivity index (χ1) is 9.31. The van der Waals surface area contributed by atoms with Crippen LogP contribution in [0, 0.1) is 0 Å². The molecule has 6 nitrogen and oxygen atoms in total. The van der Waals surface area contributed by atoms with Crippen molar-refractivity contribution in [2.24, 2.45) is 0 Å². The van der Waals surface area contributed by atoms with Crippen LogP contribution in [0.2, 0.25) is 0 Å². The first-order valence-electron chi connectivity index (χ1n) is 6.30. The van der Waals surface area contributed by atoms with Crippen molar-refractivity contribution < 1.29 is 4.74 Å². The predicted octanol–water partition coefficient (Wildman–Crippen LogP) is 1.27. The summed E-state index contributed by atoms with van der Waals surface area (Å²) in [7, 11) is 1.69. The summed E-state index contributed by atoms with van der Waals surface area (Å²) in [6.07, 6.45) is 0.952. The van der Waals surface area contributed by atoms with Gasteiger partial charge in [0.25, 0.3) is 0 Å². The Morgan fingerprint density at radius 2 is 2.42 bits per heavy atom. The lowest BCUT2D eigenvalue weighted by Gasteiger charge is -2.12. The second kappa shape index (κ2) is 7.32. The molecule has 1 unspecified atom stereocenters. The largest absolute Gasteiger partial charge is 0.383 e. The smallest absolute Gasteiger partial charge is 0.165 e. The van der Waals surface area contributed by atoms with Crippen LogP contribution in [-0.2, 0) is 17.7 Å². The average molecular weight is 281 g/mol. The van der Waals surface area contributed by atoms with Crippen molar-refractivity contribution in [3.8, 4) is 0 Å². The number of methoxy groups -OCH3 is 1. The summed E-state index contributed by atoms with van der Waals surface area (Å²) >= 11 is 1.76. The molecule has 7 heteroatoms. The van der Waals surface area contributed by atoms with E-state index in [1.54, 1.807) is 18.4 Å². The first-order valence-corrected chi connectivity index (χ1v) is 7.18. The number of ether oxygens (including phenoxy) is 1. The quantitative estimate of drug-likeness (QED) is 0.738. The molecule has 0 saturated heterocycles. The molecule has 2 aromatic rings. The highest BCUT2D eigenvalue weighted by Gasteiger charge is 2.13. The van der Waals surface area contributed by atoms with Crippen LogP contribution in [-0.4, -0.2) is 40.5 Å². The van der Waals surface area contributed by atoms with E-state index in [0.717, 1.165) is 18.8 Å². The lowest BCUT2D eigenvalue weighted by Crippen LogP contribution is -2.23. The maximum atomic E-state index is 4.99. The lowest BCUT2D eigenvalue weighted by atomic mass is 10.2. The van der Waals surface area contributed by atoms with Crippen LogP contribution in [0.25, 0.3) is 0 Å². The van der Waals surface area contributed by atoms with Gasteiger partial charge < -0.3 is 10.1 Å². The first kappa shape index (κ1) is 14.1. The molecule has 19 heavy (non-hydrogen) atoms. The van der Waals surface area contributed by atoms with Crippen molar-refractivity contribution >= 4 is 11.3 Å². The van der Waals surface area contributed by atoms with Gasteiger partial charge in [0.15, 0.2) is 5.82 Å². The van der Waals surface area contributed by atoms with E-state index < -0.39 is 0 Å². The van der Waals surface area contributed by atoms with Crippen molar-refractivity contribution in [1.29, 1.82) is 0 Å². The van der Waals surface area contributed by atoms with E-state index in [0.29, 0.717) is 13.2 Å². The molecule has 0 amide bonds. The molecule has 1 atom stereocenters. The fraction of sp³-hybridized carbons (Fsp3) is 0.583. The van der Waals surface area contributed by atoms with E-state index in [1.807, 2.05) is 4.68 Å². The molecule has 104 valence electrons. The molecule has 1 N–H and O–H groups in total. The van der Waals surface area contributed by atoms with Crippen molar-refractivity contribution in [3.63, 3.8) is 0 Å². The molecular formula is C12H19N5OS. The summed E-state index contributed by atoms with van der Waals surface area (Å²) in [4.78, 5) is 1.35. The van der Waals surface area contributed by atoms with Crippen LogP contribution in [0.4, 0.5) is 0 Å². The van der Waals surface area contributed by atoms with Gasteiger partial charge in [-0.2, -0.15) is 0 Å². The van der Waals surface area contributed by atoms with E-state index in [4.69, 9.17) is 4.74 Å². The Bertz CT molecular complexity index is 470. The number of tetrazole rings is 1. The van der Waals surface area contributed by atoms with Crippen LogP contribution >= 0.6 is 11.3 Å². The molecule has 0 aromatic carbocycles. The van der Waals surface area contributed by atoms with E-state index >= 15 is 0 Å². The fourth-order valence-electron chi connectivity index (χ4n) is 1.85. The summed E-state index contributed by atoms with van der Waals surface area (Å²) in [6.45, 7) is 4.27. The number of hydrogen-bond donors (Lipinski definition) is 1. The van der Waals surface area contributed by atoms with E-state index in [-0.39, 0.29) is 6.04 Å². The Kier molecular flexibility index (Phi) is 5.44. The zero-order valence-corrected chi connectivity index (χ0v) is 12.1. The van der Waals surface area contributed by atoms with Crippen LogP contribution in [0.5, 0.6) is 0 Å². The van der Waals surface area contributed by atoms with Crippen molar-refractivity contribution in [3.05, 3.63) is 28.2 Å². The predicted molar refractivity (Wildman–Crippen MR) is 74.1 cm³/mol. The topological polar surface area (TPSA) is 64.9 Å². The Balaban J connectivity index is 1.90. The number of thiophene rings is 1. The normalized spacial score (nSPS) is 12.7. The van der Waals surface area contributed by atoms with Gasteiger partial charge in [0.2, 0.25) is 0 Å². The minimum atomic E-state index is 0.257. The van der Waals surface area contributed by atoms with Gasteiger partial charge in [-0.1, -0.05) is 6.07 Å². The molecule has 0 saturated carbocycles. The fourth-order valence-corrected chi connectivity index (χ4v) is 2.68. The monoisotopic (exact) mass is 281 g/mol. The lowest BCUT2D eigenvalue weighted by molar-refractivity contribution is 0.198. The van der Waals surface area contributed by atoms with Gasteiger partial charge in [-0.15, -0.1) is 16.4 Å². The van der Waals surface area contributed by atoms with E-state index in [2.05, 4.69) is 45.3 Å². The second-order valence-electron chi connectivity index (χ2n) is 4.34. The number of nitrogens with one attached hydrogen (secondary N) is 1. The number of nitrogens with zero attached hydrogens (tertiary/aromatic N) is 4. The third kappa shape index (κ3) is 4.09. The van der Waals surface area contributed by atoms with Crippen LogP contribution in [0.3, 0.4) is 0 Å². The third-order valence-electron chi connectivity index (χ3n) is 2.82. The summed E-state index contributed by atoms with van der Waals surface area (Å²) in [5.41, 5.74) is 0. The molecule has 0 aliphatic rings. The molecule has 0 spiro atoms. The standard InChI is InChI=1S/C12H19N5OS/c1-10(8-11-4-3-7-19-11)17-12(14-15-16-17)9-13-5-6-18-2/h3-4,7,10,13H,5-6,8-9H2,1-2H3. The van der Waals surface area contributed by atoms with E-state index in [9.17, 15) is 0 Å². The highest BCUT2D eigenvalue weighted by molar-refractivity contribution is 7.09. The molecule has 2 rings (SSSR count). The van der Waals surface area contributed by atoms with Gasteiger partial charge in [0.1, 0.15) is 0 Å². The molecular weight excluding hydrogens is 262 g/mol. The summed E-state index contributed by atoms with van der Waals surface area (Å²) in [5.74, 6) is 0.861. The summed E-state index contributed by atoms with van der Waals surface area (Å²) in [6, 6.07) is 4.47. The maximum Gasteiger partial charge on any atom is 0.165 e. The maximum absolute atomic E-state index is 4.99. The molecule has 2 aromatic heterocycles. The van der Waals surface area contributed by atoms with E-state index in [1.165, 1.54) is 4.88 Å². The Morgan fingerprint density at radius 3 is 3.16 bits per heavy atom. The van der Waals surface area contributed by atoms with Crippen molar-refractivity contribution in [1.82, 2.24) is 25.5 Å². The van der Waals surface area contributed by atoms with Crippen molar-refractivity contribution in [2.45, 2.75) is 25.9 Å². The Hall–Kier alpha value is -1.31. The van der Waals surface area contributed by atoms with Gasteiger partial charge in [-0.05, 0) is 28.8 Å². The molecule has 2 heterocycles. The minimum absolute atomic E-state index is 0.257. The highest BCUT2D eigenvalue weighted by Crippen LogP contribution is 2.17. The summed E-state index contributed by atoms with van der Waals surface area (Å²) in [5, 5.41) is 17.3. The molecule has 0 fully saturated rings. The summed E-state index contributed by atoms with van der Waals surface area (Å²) < 4.78 is 6.88. The zero-order valence-electron chi connectivity index (χ0n) is 11.2. The minimum Gasteiger partial charge on any atom is -0.383 e. The van der Waals surface area contributed by atoms with Gasteiger partial charge in [0.05, 0.1) is 19.2 Å². The number of aromatic nitrogens is 4. The van der Waals surface area contributed by atoms with Crippen molar-refractivity contribution in [2.75, 3.05) is 20.3 Å². The van der Waals surface area contributed by atoms with Crippen LogP contribution in [0.15, 0.2) is 17.5 Å². The van der Waals surface area contributed by atoms with Crippen LogP contribution < -0.4 is 5.32 Å². The average Bonchev–Trinajstić information content (AvgIpc) is 3.05. The Labute approximate surface area is 116 Å². The van der Waals surface area contributed by atoms with Gasteiger partial charge in [-0.25, -0.2) is 4.68 Å². The number of hydrogen-bond acceptors (Lipinski definition) is 6. The Morgan fingerprint density at radius 1 is 1.53 bits per heavy atom. The SMILES string of the molecule is COCCNCc1nnnn1C(C)Cc1cccs1. The van der Waals surface area contributed by atoms with Crippen LogP contribution in [0.1, 0.15) is 23.7 Å². The zero-order chi connectivity index (χ0) is 13.5. The highest BCUT2D eigenvalue weighted by atomic mass is 32.1. The van der Waals surface area contributed by atoms with Gasteiger partial charge >= 0.3 is 0 Å². The van der Waals surface area contributed by atoms with Gasteiger partial charge in [0, 0.05) is 25.0 Å². The molecule has 0 aliphatic heterocycles. The molecule has 0 aliphatic carbocycles. The second-order valence-corrected chi connectivity index (χ2v) is 5.37. The van der Waals surface area contributed by atoms with Gasteiger partial charge in [-0.3, -0.25) is 0 Å². The third-order valence-corrected chi connectivity index (χ3v) is 3.72. The molecule has 0 bridgehead atoms. The molecule has 0 radical (unpaired) electrons.